The highest BCUT2D eigenvalue weighted by Crippen LogP contribution is 2.33. The minimum absolute atomic E-state index is 0.133. The molecule has 0 N–H and O–H groups in total. The summed E-state index contributed by atoms with van der Waals surface area (Å²) in [6.07, 6.45) is 0. The summed E-state index contributed by atoms with van der Waals surface area (Å²) >= 11 is 6.11. The molecular weight excluding hydrogens is 495 g/mol. The number of hydrogen-bond acceptors (Lipinski definition) is 6. The molecule has 0 spiro atoms. The summed E-state index contributed by atoms with van der Waals surface area (Å²) in [5, 5.41) is 0.207. The number of piperazine rings is 2. The first-order chi connectivity index (χ1) is 16.7. The minimum atomic E-state index is -3.64. The van der Waals surface area contributed by atoms with E-state index in [1.807, 2.05) is 4.90 Å². The smallest absolute Gasteiger partial charge is 0.255 e. The molecule has 1 amide bonds. The van der Waals surface area contributed by atoms with Crippen LogP contribution in [0.5, 0.6) is 5.75 Å². The average Bonchev–Trinajstić information content (AvgIpc) is 2.89. The van der Waals surface area contributed by atoms with Gasteiger partial charge in [0.2, 0.25) is 10.0 Å². The molecule has 0 radical (unpaired) electrons. The molecule has 0 aromatic heterocycles. The Morgan fingerprint density at radius 3 is 2.31 bits per heavy atom. The monoisotopic (exact) mass is 524 g/mol. The van der Waals surface area contributed by atoms with Crippen molar-refractivity contribution < 1.29 is 22.3 Å². The highest BCUT2D eigenvalue weighted by atomic mass is 35.5. The van der Waals surface area contributed by atoms with Crippen molar-refractivity contribution in [2.75, 3.05) is 70.9 Å². The fourth-order valence-corrected chi connectivity index (χ4v) is 6.14. The molecule has 2 saturated heterocycles. The van der Waals surface area contributed by atoms with Gasteiger partial charge in [-0.05, 0) is 42.9 Å². The molecule has 0 bridgehead atoms. The van der Waals surface area contributed by atoms with Crippen LogP contribution >= 0.6 is 11.6 Å². The fourth-order valence-electron chi connectivity index (χ4n) is 4.49. The summed E-state index contributed by atoms with van der Waals surface area (Å²) in [7, 11) is -2.09. The van der Waals surface area contributed by atoms with Gasteiger partial charge < -0.3 is 19.4 Å². The summed E-state index contributed by atoms with van der Waals surface area (Å²) in [5.41, 5.74) is 0.797. The number of likely N-dealkylation sites (N-methyl/N-ethyl adjacent to an activating group) is 1. The number of nitrogens with zero attached hydrogens (tertiary/aromatic N) is 4. The zero-order valence-electron chi connectivity index (χ0n) is 19.9. The highest BCUT2D eigenvalue weighted by molar-refractivity contribution is 7.89. The van der Waals surface area contributed by atoms with Gasteiger partial charge >= 0.3 is 0 Å². The number of sulfonamides is 1. The molecule has 2 heterocycles. The molecule has 0 unspecified atom stereocenters. The van der Waals surface area contributed by atoms with Crippen LogP contribution in [0.15, 0.2) is 41.3 Å². The van der Waals surface area contributed by atoms with Crippen LogP contribution in [-0.4, -0.2) is 94.4 Å². The summed E-state index contributed by atoms with van der Waals surface area (Å²) < 4.78 is 47.3. The Labute approximate surface area is 210 Å². The molecule has 35 heavy (non-hydrogen) atoms. The third-order valence-corrected chi connectivity index (χ3v) is 8.86. The van der Waals surface area contributed by atoms with E-state index in [1.165, 1.54) is 16.4 Å². The lowest BCUT2D eigenvalue weighted by Crippen LogP contribution is -2.49. The van der Waals surface area contributed by atoms with E-state index in [9.17, 15) is 17.6 Å². The normalized spacial score (nSPS) is 18.1. The van der Waals surface area contributed by atoms with E-state index >= 15 is 0 Å². The second kappa shape index (κ2) is 10.7. The minimum Gasteiger partial charge on any atom is -0.495 e. The highest BCUT2D eigenvalue weighted by Gasteiger charge is 2.30. The van der Waals surface area contributed by atoms with Gasteiger partial charge in [-0.15, -0.1) is 0 Å². The fraction of sp³-hybridized carbons (Fsp3) is 0.458. The van der Waals surface area contributed by atoms with E-state index in [1.54, 1.807) is 30.2 Å². The summed E-state index contributed by atoms with van der Waals surface area (Å²) in [6, 6.07) is 8.65. The number of halogens is 2. The Balaban J connectivity index is 1.50. The van der Waals surface area contributed by atoms with E-state index in [2.05, 4.69) is 11.8 Å². The number of benzene rings is 2. The Kier molecular flexibility index (Phi) is 7.85. The zero-order valence-corrected chi connectivity index (χ0v) is 21.5. The summed E-state index contributed by atoms with van der Waals surface area (Å²) in [5.74, 6) is -0.286. The molecule has 2 aromatic rings. The topological polar surface area (TPSA) is 73.4 Å². The number of amides is 1. The van der Waals surface area contributed by atoms with E-state index in [0.29, 0.717) is 63.8 Å². The second-order valence-corrected chi connectivity index (χ2v) is 10.9. The van der Waals surface area contributed by atoms with Crippen molar-refractivity contribution in [3.8, 4) is 5.75 Å². The van der Waals surface area contributed by atoms with Gasteiger partial charge in [0.05, 0.1) is 28.3 Å². The van der Waals surface area contributed by atoms with Gasteiger partial charge in [-0.2, -0.15) is 4.31 Å². The standard InChI is InChI=1S/C24H30ClFN4O4S/c1-3-27-8-14-30(15-9-27)35(32,33)19-5-7-23(34-2)22(17-19)28-10-12-29(13-11-28)24(31)20-16-18(26)4-6-21(20)25/h4-7,16-17H,3,8-15H2,1-2H3. The van der Waals surface area contributed by atoms with E-state index in [0.717, 1.165) is 12.6 Å². The zero-order chi connectivity index (χ0) is 25.2. The molecule has 2 aromatic carbocycles. The van der Waals surface area contributed by atoms with Gasteiger partial charge in [0, 0.05) is 52.4 Å². The van der Waals surface area contributed by atoms with Crippen molar-refractivity contribution in [2.24, 2.45) is 0 Å². The Hall–Kier alpha value is -2.40. The van der Waals surface area contributed by atoms with E-state index in [4.69, 9.17) is 16.3 Å². The molecule has 0 atom stereocenters. The Morgan fingerprint density at radius 2 is 1.69 bits per heavy atom. The number of carbonyl (C=O) groups excluding carboxylic acids is 1. The number of anilines is 1. The van der Waals surface area contributed by atoms with Crippen LogP contribution < -0.4 is 9.64 Å². The van der Waals surface area contributed by atoms with Crippen molar-refractivity contribution in [2.45, 2.75) is 11.8 Å². The summed E-state index contributed by atoms with van der Waals surface area (Å²) in [4.78, 5) is 19.0. The van der Waals surface area contributed by atoms with Crippen molar-refractivity contribution in [3.63, 3.8) is 0 Å². The lowest BCUT2D eigenvalue weighted by Gasteiger charge is -2.37. The predicted molar refractivity (Wildman–Crippen MR) is 133 cm³/mol. The van der Waals surface area contributed by atoms with Crippen LogP contribution in [0, 0.1) is 5.82 Å². The number of carbonyl (C=O) groups is 1. The first kappa shape index (κ1) is 25.7. The first-order valence-corrected chi connectivity index (χ1v) is 13.5. The van der Waals surface area contributed by atoms with E-state index < -0.39 is 15.8 Å². The van der Waals surface area contributed by atoms with Crippen LogP contribution in [-0.2, 0) is 10.0 Å². The maximum absolute atomic E-state index is 13.6. The lowest BCUT2D eigenvalue weighted by atomic mass is 10.1. The number of ether oxygens (including phenoxy) is 1. The molecule has 0 saturated carbocycles. The molecule has 8 nitrogen and oxygen atoms in total. The van der Waals surface area contributed by atoms with Crippen molar-refractivity contribution in [3.05, 3.63) is 52.8 Å². The molecule has 2 aliphatic heterocycles. The number of rotatable bonds is 6. The van der Waals surface area contributed by atoms with Gasteiger partial charge in [0.25, 0.3) is 5.91 Å². The van der Waals surface area contributed by atoms with Gasteiger partial charge in [0.15, 0.2) is 0 Å². The third-order valence-electron chi connectivity index (χ3n) is 6.63. The Bertz CT molecular complexity index is 1180. The van der Waals surface area contributed by atoms with Crippen LogP contribution in [0.25, 0.3) is 0 Å². The van der Waals surface area contributed by atoms with Crippen molar-refractivity contribution in [1.82, 2.24) is 14.1 Å². The quantitative estimate of drug-likeness (QED) is 0.578. The molecule has 190 valence electrons. The third kappa shape index (κ3) is 5.40. The first-order valence-electron chi connectivity index (χ1n) is 11.6. The van der Waals surface area contributed by atoms with E-state index in [-0.39, 0.29) is 21.4 Å². The lowest BCUT2D eigenvalue weighted by molar-refractivity contribution is 0.0746. The van der Waals surface area contributed by atoms with Crippen LogP contribution in [0.4, 0.5) is 10.1 Å². The average molecular weight is 525 g/mol. The van der Waals surface area contributed by atoms with Crippen LogP contribution in [0.1, 0.15) is 17.3 Å². The van der Waals surface area contributed by atoms with Gasteiger partial charge in [-0.1, -0.05) is 18.5 Å². The number of methoxy groups -OCH3 is 1. The molecule has 2 aliphatic rings. The van der Waals surface area contributed by atoms with Crippen LogP contribution in [0.2, 0.25) is 5.02 Å². The molecule has 11 heteroatoms. The molecular formula is C24H30ClFN4O4S. The van der Waals surface area contributed by atoms with Gasteiger partial charge in [-0.3, -0.25) is 4.79 Å². The van der Waals surface area contributed by atoms with Gasteiger partial charge in [-0.25, -0.2) is 12.8 Å². The van der Waals surface area contributed by atoms with Crippen molar-refractivity contribution in [1.29, 1.82) is 0 Å². The predicted octanol–water partition coefficient (Wildman–Crippen LogP) is 2.78. The SMILES string of the molecule is CCN1CCN(S(=O)(=O)c2ccc(OC)c(N3CCN(C(=O)c4cc(F)ccc4Cl)CC3)c2)CC1. The number of hydrogen-bond donors (Lipinski definition) is 0. The summed E-state index contributed by atoms with van der Waals surface area (Å²) in [6.45, 7) is 7.01. The molecule has 0 aliphatic carbocycles. The van der Waals surface area contributed by atoms with Gasteiger partial charge in [0.1, 0.15) is 11.6 Å². The molecule has 2 fully saturated rings. The second-order valence-electron chi connectivity index (χ2n) is 8.58. The Morgan fingerprint density at radius 1 is 1.00 bits per heavy atom. The van der Waals surface area contributed by atoms with Crippen molar-refractivity contribution >= 4 is 33.2 Å². The molecule has 4 rings (SSSR count). The maximum atomic E-state index is 13.6. The largest absolute Gasteiger partial charge is 0.495 e. The maximum Gasteiger partial charge on any atom is 0.255 e. The van der Waals surface area contributed by atoms with Crippen LogP contribution in [0.3, 0.4) is 0 Å².